The number of carbonyl (C=O) groups excluding carboxylic acids is 2. The molecule has 3 heterocycles. The molecule has 1 aliphatic heterocycles. The summed E-state index contributed by atoms with van der Waals surface area (Å²) in [5.41, 5.74) is 2.15. The molecule has 1 aromatic carbocycles. The first-order chi connectivity index (χ1) is 19.0. The van der Waals surface area contributed by atoms with E-state index >= 15 is 0 Å². The van der Waals surface area contributed by atoms with Gasteiger partial charge >= 0.3 is 0 Å². The van der Waals surface area contributed by atoms with E-state index in [0.717, 1.165) is 6.29 Å². The maximum Gasteiger partial charge on any atom is 0.192 e. The predicted octanol–water partition coefficient (Wildman–Crippen LogP) is 4.46. The van der Waals surface area contributed by atoms with Crippen LogP contribution >= 0.6 is 0 Å². The molecule has 0 N–H and O–H groups in total. The van der Waals surface area contributed by atoms with Gasteiger partial charge in [-0.2, -0.15) is 4.89 Å². The molecule has 216 valence electrons. The van der Waals surface area contributed by atoms with E-state index in [9.17, 15) is 9.59 Å². The average Bonchev–Trinajstić information content (AvgIpc) is 3.50. The van der Waals surface area contributed by atoms with E-state index in [4.69, 9.17) is 13.9 Å². The van der Waals surface area contributed by atoms with Crippen molar-refractivity contribution in [3.63, 3.8) is 0 Å². The van der Waals surface area contributed by atoms with Crippen LogP contribution in [0.25, 0.3) is 11.2 Å². The highest BCUT2D eigenvalue weighted by Gasteiger charge is 2.51. The quantitative estimate of drug-likeness (QED) is 0.0862. The summed E-state index contributed by atoms with van der Waals surface area (Å²) in [4.78, 5) is 46.1. The first-order valence-electron chi connectivity index (χ1n) is 12.9. The van der Waals surface area contributed by atoms with Gasteiger partial charge in [0.25, 0.3) is 0 Å². The van der Waals surface area contributed by atoms with Gasteiger partial charge in [-0.05, 0) is 18.1 Å². The summed E-state index contributed by atoms with van der Waals surface area (Å²) in [6.07, 6.45) is 2.46. The predicted molar refractivity (Wildman–Crippen MR) is 151 cm³/mol. The zero-order chi connectivity index (χ0) is 29.5. The molecular weight excluding hydrogens is 532 g/mol. The van der Waals surface area contributed by atoms with Gasteiger partial charge in [-0.25, -0.2) is 15.0 Å². The Labute approximate surface area is 235 Å². The molecule has 3 aromatic rings. The SMILES string of the molecule is C=COOC.CO[C@H]1[C@@H](O[Si](C)(C)C(C)(C)C)[C@H](n2cnc3c(CC(=O)c4ccccc4)ncnc32)O[C@@H]1C=O. The van der Waals surface area contributed by atoms with Crippen LogP contribution in [0.4, 0.5) is 0 Å². The Morgan fingerprint density at radius 1 is 1.12 bits per heavy atom. The number of ether oxygens (including phenoxy) is 2. The maximum absolute atomic E-state index is 12.8. The fraction of sp³-hybridized carbons (Fsp3) is 0.464. The van der Waals surface area contributed by atoms with Crippen molar-refractivity contribution in [3.8, 4) is 0 Å². The monoisotopic (exact) mass is 570 g/mol. The zero-order valence-electron chi connectivity index (χ0n) is 24.1. The van der Waals surface area contributed by atoms with Crippen LogP contribution in [0.15, 0.2) is 55.8 Å². The highest BCUT2D eigenvalue weighted by atomic mass is 28.4. The van der Waals surface area contributed by atoms with Crippen molar-refractivity contribution in [1.29, 1.82) is 0 Å². The largest absolute Gasteiger partial charge is 0.407 e. The van der Waals surface area contributed by atoms with E-state index in [-0.39, 0.29) is 17.2 Å². The number of aromatic nitrogens is 4. The number of aldehydes is 1. The van der Waals surface area contributed by atoms with Crippen LogP contribution in [-0.4, -0.2) is 72.4 Å². The number of methoxy groups -OCH3 is 1. The summed E-state index contributed by atoms with van der Waals surface area (Å²) in [7, 11) is 0.721. The third kappa shape index (κ3) is 6.88. The van der Waals surface area contributed by atoms with E-state index in [2.05, 4.69) is 65.2 Å². The van der Waals surface area contributed by atoms with Crippen molar-refractivity contribution in [2.45, 2.75) is 69.9 Å². The molecule has 0 unspecified atom stereocenters. The van der Waals surface area contributed by atoms with Gasteiger partial charge in [0.15, 0.2) is 32.3 Å². The van der Waals surface area contributed by atoms with Crippen LogP contribution < -0.4 is 0 Å². The van der Waals surface area contributed by atoms with Gasteiger partial charge < -0.3 is 23.6 Å². The molecule has 11 nitrogen and oxygen atoms in total. The standard InChI is InChI=1S/C25H32N4O5Si.C3H6O2/c1-25(2,3)35(5,6)34-22-21(32-4)19(13-30)33-24(22)29-15-28-20-17(26-14-27-23(20)29)12-18(31)16-10-8-7-9-11-16;1-3-5-4-2/h7-11,13-15,19,21-22,24H,12H2,1-6H3;3H,1H2,2H3/t19-,21-,22-,24-;/m1./s1. The minimum absolute atomic E-state index is 0.0563. The minimum atomic E-state index is -2.25. The first-order valence-corrected chi connectivity index (χ1v) is 15.8. The molecule has 1 fully saturated rings. The highest BCUT2D eigenvalue weighted by molar-refractivity contribution is 6.74. The van der Waals surface area contributed by atoms with Crippen molar-refractivity contribution in [2.75, 3.05) is 14.2 Å². The molecule has 4 rings (SSSR count). The van der Waals surface area contributed by atoms with Gasteiger partial charge in [0.1, 0.15) is 36.4 Å². The Bertz CT molecular complexity index is 1290. The molecule has 2 aromatic heterocycles. The Balaban J connectivity index is 0.000000810. The van der Waals surface area contributed by atoms with Crippen molar-refractivity contribution in [3.05, 3.63) is 67.1 Å². The summed E-state index contributed by atoms with van der Waals surface area (Å²) in [5.74, 6) is -0.0585. The Hall–Kier alpha value is -3.29. The number of carbonyl (C=O) groups is 2. The normalized spacial score (nSPS) is 21.0. The molecular formula is C28H38N4O7Si. The van der Waals surface area contributed by atoms with Gasteiger partial charge in [0.2, 0.25) is 0 Å². The summed E-state index contributed by atoms with van der Waals surface area (Å²) in [5, 5.41) is -0.0563. The minimum Gasteiger partial charge on any atom is -0.407 e. The second-order valence-corrected chi connectivity index (χ2v) is 15.5. The summed E-state index contributed by atoms with van der Waals surface area (Å²) < 4.78 is 20.3. The van der Waals surface area contributed by atoms with Gasteiger partial charge in [0, 0.05) is 12.7 Å². The van der Waals surface area contributed by atoms with Crippen molar-refractivity contribution in [1.82, 2.24) is 19.5 Å². The number of ketones is 1. The lowest BCUT2D eigenvalue weighted by Crippen LogP contribution is -2.49. The van der Waals surface area contributed by atoms with Gasteiger partial charge in [0.05, 0.1) is 25.6 Å². The molecule has 0 saturated carbocycles. The third-order valence-corrected chi connectivity index (χ3v) is 11.6. The molecule has 1 aliphatic rings. The lowest BCUT2D eigenvalue weighted by atomic mass is 10.1. The highest BCUT2D eigenvalue weighted by Crippen LogP contribution is 2.42. The molecule has 0 radical (unpaired) electrons. The van der Waals surface area contributed by atoms with Crippen LogP contribution in [0.3, 0.4) is 0 Å². The second kappa shape index (κ2) is 13.4. The Morgan fingerprint density at radius 3 is 2.38 bits per heavy atom. The Morgan fingerprint density at radius 2 is 1.82 bits per heavy atom. The molecule has 1 saturated heterocycles. The summed E-state index contributed by atoms with van der Waals surface area (Å²) >= 11 is 0. The molecule has 12 heteroatoms. The van der Waals surface area contributed by atoms with Crippen LogP contribution in [0.1, 0.15) is 43.1 Å². The van der Waals surface area contributed by atoms with Crippen LogP contribution in [0.5, 0.6) is 0 Å². The molecule has 4 atom stereocenters. The van der Waals surface area contributed by atoms with Crippen LogP contribution in [0.2, 0.25) is 18.1 Å². The van der Waals surface area contributed by atoms with Crippen LogP contribution in [0, 0.1) is 0 Å². The molecule has 0 bridgehead atoms. The number of imidazole rings is 1. The Kier molecular flexibility index (Phi) is 10.4. The summed E-state index contributed by atoms with van der Waals surface area (Å²) in [6, 6.07) is 9.07. The molecule has 0 aliphatic carbocycles. The molecule has 0 spiro atoms. The fourth-order valence-electron chi connectivity index (χ4n) is 4.07. The number of rotatable bonds is 10. The number of nitrogens with zero attached hydrogens (tertiary/aromatic N) is 4. The van der Waals surface area contributed by atoms with E-state index in [1.54, 1.807) is 30.1 Å². The van der Waals surface area contributed by atoms with E-state index in [1.165, 1.54) is 19.7 Å². The lowest BCUT2D eigenvalue weighted by molar-refractivity contribution is -0.222. The van der Waals surface area contributed by atoms with Gasteiger partial charge in [-0.3, -0.25) is 9.36 Å². The number of hydrogen-bond donors (Lipinski definition) is 0. The molecule has 0 amide bonds. The number of Topliss-reactive ketones (excluding diaryl/α,β-unsaturated/α-hetero) is 1. The fourth-order valence-corrected chi connectivity index (χ4v) is 5.36. The van der Waals surface area contributed by atoms with E-state index in [0.29, 0.717) is 22.4 Å². The zero-order valence-corrected chi connectivity index (χ0v) is 25.1. The average molecular weight is 571 g/mol. The van der Waals surface area contributed by atoms with Crippen molar-refractivity contribution in [2.24, 2.45) is 0 Å². The van der Waals surface area contributed by atoms with E-state index < -0.39 is 32.9 Å². The lowest BCUT2D eigenvalue weighted by Gasteiger charge is -2.40. The van der Waals surface area contributed by atoms with Crippen LogP contribution in [-0.2, 0) is 34.9 Å². The van der Waals surface area contributed by atoms with Gasteiger partial charge in [-0.1, -0.05) is 57.7 Å². The molecule has 40 heavy (non-hydrogen) atoms. The van der Waals surface area contributed by atoms with Crippen molar-refractivity contribution >= 4 is 31.6 Å². The third-order valence-electron chi connectivity index (χ3n) is 7.17. The topological polar surface area (TPSA) is 124 Å². The van der Waals surface area contributed by atoms with Crippen molar-refractivity contribution < 1.29 is 33.3 Å². The first kappa shape index (κ1) is 31.2. The van der Waals surface area contributed by atoms with Gasteiger partial charge in [-0.15, -0.1) is 0 Å². The second-order valence-electron chi connectivity index (χ2n) is 10.7. The number of hydrogen-bond acceptors (Lipinski definition) is 10. The van der Waals surface area contributed by atoms with E-state index in [1.807, 2.05) is 18.2 Å². The smallest absolute Gasteiger partial charge is 0.192 e. The number of benzene rings is 1. The summed E-state index contributed by atoms with van der Waals surface area (Å²) in [6.45, 7) is 13.9. The number of fused-ring (bicyclic) bond motifs is 1. The maximum atomic E-state index is 12.8.